The SMILES string of the molecule is CC(C)Cc1noc([C@H](N)c2ccccc2)n1. The van der Waals surface area contributed by atoms with Crippen molar-refractivity contribution in [2.24, 2.45) is 11.7 Å². The minimum absolute atomic E-state index is 0.343. The van der Waals surface area contributed by atoms with Gasteiger partial charge in [-0.15, -0.1) is 0 Å². The number of nitrogens with zero attached hydrogens (tertiary/aromatic N) is 2. The molecule has 0 radical (unpaired) electrons. The fourth-order valence-corrected chi connectivity index (χ4v) is 1.64. The number of hydrogen-bond donors (Lipinski definition) is 1. The van der Waals surface area contributed by atoms with E-state index in [1.165, 1.54) is 0 Å². The van der Waals surface area contributed by atoms with Gasteiger partial charge in [0.1, 0.15) is 6.04 Å². The van der Waals surface area contributed by atoms with Crippen molar-refractivity contribution in [3.63, 3.8) is 0 Å². The molecule has 0 aliphatic heterocycles. The van der Waals surface area contributed by atoms with Crippen LogP contribution in [0.2, 0.25) is 0 Å². The van der Waals surface area contributed by atoms with Gasteiger partial charge in [-0.05, 0) is 11.5 Å². The summed E-state index contributed by atoms with van der Waals surface area (Å²) in [7, 11) is 0. The first-order valence-electron chi connectivity index (χ1n) is 5.80. The zero-order chi connectivity index (χ0) is 12.3. The third kappa shape index (κ3) is 2.91. The summed E-state index contributed by atoms with van der Waals surface area (Å²) in [5, 5.41) is 3.94. The molecule has 0 unspecified atom stereocenters. The zero-order valence-corrected chi connectivity index (χ0v) is 10.1. The van der Waals surface area contributed by atoms with Crippen LogP contribution in [0.1, 0.15) is 37.2 Å². The van der Waals surface area contributed by atoms with Crippen LogP contribution in [-0.2, 0) is 6.42 Å². The van der Waals surface area contributed by atoms with Crippen molar-refractivity contribution < 1.29 is 4.52 Å². The Morgan fingerprint density at radius 2 is 1.94 bits per heavy atom. The van der Waals surface area contributed by atoms with Gasteiger partial charge in [0.2, 0.25) is 5.89 Å². The Morgan fingerprint density at radius 3 is 2.59 bits per heavy atom. The maximum Gasteiger partial charge on any atom is 0.248 e. The number of nitrogens with two attached hydrogens (primary N) is 1. The molecule has 0 saturated carbocycles. The Morgan fingerprint density at radius 1 is 1.24 bits per heavy atom. The van der Waals surface area contributed by atoms with E-state index in [0.717, 1.165) is 17.8 Å². The van der Waals surface area contributed by atoms with Crippen molar-refractivity contribution in [3.05, 3.63) is 47.6 Å². The summed E-state index contributed by atoms with van der Waals surface area (Å²) < 4.78 is 5.20. The van der Waals surface area contributed by atoms with Gasteiger partial charge < -0.3 is 10.3 Å². The van der Waals surface area contributed by atoms with Gasteiger partial charge >= 0.3 is 0 Å². The molecule has 4 nitrogen and oxygen atoms in total. The van der Waals surface area contributed by atoms with E-state index in [-0.39, 0.29) is 6.04 Å². The standard InChI is InChI=1S/C13H17N3O/c1-9(2)8-11-15-13(17-16-11)12(14)10-6-4-3-5-7-10/h3-7,9,12H,8,14H2,1-2H3/t12-/m1/s1. The Bertz CT molecular complexity index is 465. The lowest BCUT2D eigenvalue weighted by molar-refractivity contribution is 0.360. The first-order valence-corrected chi connectivity index (χ1v) is 5.80. The quantitative estimate of drug-likeness (QED) is 0.877. The number of aromatic nitrogens is 2. The van der Waals surface area contributed by atoms with Crippen LogP contribution in [0.5, 0.6) is 0 Å². The first-order chi connectivity index (χ1) is 8.16. The van der Waals surface area contributed by atoms with Crippen LogP contribution in [0.3, 0.4) is 0 Å². The largest absolute Gasteiger partial charge is 0.337 e. The summed E-state index contributed by atoms with van der Waals surface area (Å²) >= 11 is 0. The van der Waals surface area contributed by atoms with Crippen LogP contribution in [0.4, 0.5) is 0 Å². The molecule has 17 heavy (non-hydrogen) atoms. The molecule has 0 aliphatic rings. The molecule has 0 aliphatic carbocycles. The van der Waals surface area contributed by atoms with Gasteiger partial charge in [0.25, 0.3) is 0 Å². The average Bonchev–Trinajstić information content (AvgIpc) is 2.77. The van der Waals surface area contributed by atoms with Gasteiger partial charge in [-0.3, -0.25) is 0 Å². The molecule has 2 aromatic rings. The number of hydrogen-bond acceptors (Lipinski definition) is 4. The highest BCUT2D eigenvalue weighted by molar-refractivity contribution is 5.22. The van der Waals surface area contributed by atoms with Crippen LogP contribution in [0.15, 0.2) is 34.9 Å². The summed E-state index contributed by atoms with van der Waals surface area (Å²) in [5.41, 5.74) is 7.04. The Balaban J connectivity index is 2.15. The summed E-state index contributed by atoms with van der Waals surface area (Å²) in [6.45, 7) is 4.24. The van der Waals surface area contributed by atoms with E-state index in [1.807, 2.05) is 30.3 Å². The molecule has 1 heterocycles. The van der Waals surface area contributed by atoms with Crippen LogP contribution in [-0.4, -0.2) is 10.1 Å². The maximum absolute atomic E-state index is 6.06. The lowest BCUT2D eigenvalue weighted by Gasteiger charge is -2.05. The zero-order valence-electron chi connectivity index (χ0n) is 10.1. The van der Waals surface area contributed by atoms with Crippen molar-refractivity contribution >= 4 is 0 Å². The molecule has 2 rings (SSSR count). The number of rotatable bonds is 4. The predicted molar refractivity (Wildman–Crippen MR) is 65.3 cm³/mol. The van der Waals surface area contributed by atoms with Crippen LogP contribution < -0.4 is 5.73 Å². The second-order valence-corrected chi connectivity index (χ2v) is 4.54. The molecule has 0 fully saturated rings. The maximum atomic E-state index is 6.06. The fraction of sp³-hybridized carbons (Fsp3) is 0.385. The third-order valence-electron chi connectivity index (χ3n) is 2.50. The highest BCUT2D eigenvalue weighted by Gasteiger charge is 2.16. The Hall–Kier alpha value is -1.68. The van der Waals surface area contributed by atoms with E-state index in [0.29, 0.717) is 11.8 Å². The molecule has 0 amide bonds. The van der Waals surface area contributed by atoms with E-state index in [4.69, 9.17) is 10.3 Å². The van der Waals surface area contributed by atoms with E-state index in [9.17, 15) is 0 Å². The minimum Gasteiger partial charge on any atom is -0.337 e. The van der Waals surface area contributed by atoms with Gasteiger partial charge in [0.05, 0.1) is 0 Å². The second kappa shape index (κ2) is 5.10. The van der Waals surface area contributed by atoms with Crippen LogP contribution >= 0.6 is 0 Å². The fourth-order valence-electron chi connectivity index (χ4n) is 1.64. The normalized spacial score (nSPS) is 12.9. The van der Waals surface area contributed by atoms with Crippen molar-refractivity contribution in [3.8, 4) is 0 Å². The predicted octanol–water partition coefficient (Wildman–Crippen LogP) is 2.32. The van der Waals surface area contributed by atoms with Crippen molar-refractivity contribution in [2.75, 3.05) is 0 Å². The molecule has 1 aromatic heterocycles. The van der Waals surface area contributed by atoms with E-state index < -0.39 is 0 Å². The van der Waals surface area contributed by atoms with E-state index >= 15 is 0 Å². The molecule has 4 heteroatoms. The molecule has 2 N–H and O–H groups in total. The van der Waals surface area contributed by atoms with Gasteiger partial charge in [-0.2, -0.15) is 4.98 Å². The minimum atomic E-state index is -0.343. The topological polar surface area (TPSA) is 64.9 Å². The monoisotopic (exact) mass is 231 g/mol. The van der Waals surface area contributed by atoms with E-state index in [2.05, 4.69) is 24.0 Å². The molecule has 1 atom stereocenters. The van der Waals surface area contributed by atoms with Gasteiger partial charge in [0.15, 0.2) is 5.82 Å². The number of benzene rings is 1. The summed E-state index contributed by atoms with van der Waals surface area (Å²) in [6.07, 6.45) is 0.811. The first kappa shape index (κ1) is 11.8. The molecular formula is C13H17N3O. The van der Waals surface area contributed by atoms with Gasteiger partial charge in [-0.25, -0.2) is 0 Å². The van der Waals surface area contributed by atoms with Crippen LogP contribution in [0.25, 0.3) is 0 Å². The summed E-state index contributed by atoms with van der Waals surface area (Å²) in [6, 6.07) is 9.41. The smallest absolute Gasteiger partial charge is 0.248 e. The van der Waals surface area contributed by atoms with E-state index in [1.54, 1.807) is 0 Å². The molecule has 0 saturated heterocycles. The van der Waals surface area contributed by atoms with Gasteiger partial charge in [-0.1, -0.05) is 49.3 Å². The highest BCUT2D eigenvalue weighted by Crippen LogP contribution is 2.17. The Labute approximate surface area is 101 Å². The molecule has 0 spiro atoms. The summed E-state index contributed by atoms with van der Waals surface area (Å²) in [5.74, 6) is 1.71. The lowest BCUT2D eigenvalue weighted by atomic mass is 10.1. The van der Waals surface area contributed by atoms with Crippen molar-refractivity contribution in [1.29, 1.82) is 0 Å². The molecule has 90 valence electrons. The summed E-state index contributed by atoms with van der Waals surface area (Å²) in [4.78, 5) is 4.32. The van der Waals surface area contributed by atoms with Crippen molar-refractivity contribution in [1.82, 2.24) is 10.1 Å². The van der Waals surface area contributed by atoms with Crippen molar-refractivity contribution in [2.45, 2.75) is 26.3 Å². The molecular weight excluding hydrogens is 214 g/mol. The molecule has 1 aromatic carbocycles. The average molecular weight is 231 g/mol. The third-order valence-corrected chi connectivity index (χ3v) is 2.50. The Kier molecular flexibility index (Phi) is 3.54. The van der Waals surface area contributed by atoms with Gasteiger partial charge in [0, 0.05) is 6.42 Å². The molecule has 0 bridgehead atoms. The van der Waals surface area contributed by atoms with Crippen LogP contribution in [0, 0.1) is 5.92 Å². The lowest BCUT2D eigenvalue weighted by Crippen LogP contribution is -2.12. The second-order valence-electron chi connectivity index (χ2n) is 4.54. The highest BCUT2D eigenvalue weighted by atomic mass is 16.5.